The molecule has 0 bridgehead atoms. The van der Waals surface area contributed by atoms with Gasteiger partial charge in [-0.2, -0.15) is 13.2 Å². The molecule has 0 spiro atoms. The lowest BCUT2D eigenvalue weighted by molar-refractivity contribution is -0.137. The summed E-state index contributed by atoms with van der Waals surface area (Å²) in [5.74, 6) is 0. The van der Waals surface area contributed by atoms with Crippen molar-refractivity contribution in [1.29, 1.82) is 0 Å². The zero-order chi connectivity index (χ0) is 54.5. The molecule has 378 valence electrons. The molecule has 0 aliphatic carbocycles. The average molecular weight is 1020 g/mol. The summed E-state index contributed by atoms with van der Waals surface area (Å²) in [5, 5.41) is 3.58. The monoisotopic (exact) mass is 1020 g/mol. The number of aryl methyl sites for hydroxylation is 8. The van der Waals surface area contributed by atoms with Gasteiger partial charge in [-0.1, -0.05) is 172 Å². The van der Waals surface area contributed by atoms with Gasteiger partial charge in [0.1, 0.15) is 0 Å². The Bertz CT molecular complexity index is 4310. The van der Waals surface area contributed by atoms with Crippen molar-refractivity contribution in [2.24, 2.45) is 0 Å². The maximum atomic E-state index is 16.3. The molecule has 0 amide bonds. The molecule has 0 unspecified atom stereocenters. The van der Waals surface area contributed by atoms with Gasteiger partial charge in [0, 0.05) is 27.2 Å². The predicted molar refractivity (Wildman–Crippen MR) is 318 cm³/mol. The normalized spacial score (nSPS) is 11.8. The van der Waals surface area contributed by atoms with Crippen LogP contribution in [0.15, 0.2) is 176 Å². The molecule has 78 heavy (non-hydrogen) atoms. The van der Waals surface area contributed by atoms with Crippen LogP contribution in [-0.4, -0.2) is 9.13 Å². The molecule has 0 saturated heterocycles. The van der Waals surface area contributed by atoms with Crippen LogP contribution in [0.5, 0.6) is 0 Å². The fourth-order valence-corrected chi connectivity index (χ4v) is 12.2. The van der Waals surface area contributed by atoms with Crippen LogP contribution in [0.25, 0.3) is 120 Å². The standard InChI is InChI=1S/C71H53F3N4/c1-40-21-41(2)26-52(25-40)48-11-16-59-60-17-12-49(53-27-42(3)22-43(4)28-53)34-67(60)77(66(59)33-48)57-15-20-58(65(39-57)76-10)63-37-56(75-9)38-64(71(72,73)74)70(63)78-68-35-50(54-29-44(5)23-45(6)30-54)13-18-61(68)62-19-14-51(36-69(62)78)55-31-46(7)24-47(8)32-55/h11-39H,1-8H3. The lowest BCUT2D eigenvalue weighted by Gasteiger charge is -2.22. The molecule has 0 aliphatic rings. The first-order valence-corrected chi connectivity index (χ1v) is 26.1. The van der Waals surface area contributed by atoms with Crippen LogP contribution in [0.4, 0.5) is 24.5 Å². The molecule has 12 aromatic rings. The number of alkyl halides is 3. The summed E-state index contributed by atoms with van der Waals surface area (Å²) in [4.78, 5) is 7.80. The number of nitrogens with zero attached hydrogens (tertiary/aromatic N) is 4. The van der Waals surface area contributed by atoms with E-state index in [2.05, 4.69) is 151 Å². The highest BCUT2D eigenvalue weighted by Gasteiger charge is 2.37. The van der Waals surface area contributed by atoms with Crippen molar-refractivity contribution in [2.45, 2.75) is 61.6 Å². The van der Waals surface area contributed by atoms with E-state index in [9.17, 15) is 0 Å². The fraction of sp³-hybridized carbons (Fsp3) is 0.127. The number of fused-ring (bicyclic) bond motifs is 6. The maximum absolute atomic E-state index is 16.3. The van der Waals surface area contributed by atoms with E-state index in [1.165, 1.54) is 6.07 Å². The molecule has 10 aromatic carbocycles. The van der Waals surface area contributed by atoms with E-state index >= 15 is 13.2 Å². The van der Waals surface area contributed by atoms with Gasteiger partial charge in [0.15, 0.2) is 11.4 Å². The summed E-state index contributed by atoms with van der Waals surface area (Å²) in [6.07, 6.45) is -4.91. The summed E-state index contributed by atoms with van der Waals surface area (Å²) in [7, 11) is 0. The fourth-order valence-electron chi connectivity index (χ4n) is 12.2. The lowest BCUT2D eigenvalue weighted by atomic mass is 9.95. The van der Waals surface area contributed by atoms with Gasteiger partial charge in [0.05, 0.1) is 46.5 Å². The minimum absolute atomic E-state index is 0.122. The second-order valence-corrected chi connectivity index (χ2v) is 21.4. The smallest absolute Gasteiger partial charge is 0.310 e. The summed E-state index contributed by atoms with van der Waals surface area (Å²) in [6.45, 7) is 33.6. The van der Waals surface area contributed by atoms with Crippen molar-refractivity contribution in [3.8, 4) is 67.0 Å². The van der Waals surface area contributed by atoms with Gasteiger partial charge >= 0.3 is 6.18 Å². The largest absolute Gasteiger partial charge is 0.417 e. The molecule has 12 rings (SSSR count). The first-order valence-electron chi connectivity index (χ1n) is 26.1. The highest BCUT2D eigenvalue weighted by molar-refractivity contribution is 6.13. The Hall–Kier alpha value is -9.43. The number of benzene rings is 10. The molecule has 0 N–H and O–H groups in total. The quantitative estimate of drug-likeness (QED) is 0.142. The van der Waals surface area contributed by atoms with Gasteiger partial charge in [0.2, 0.25) is 0 Å². The molecule has 0 saturated carbocycles. The van der Waals surface area contributed by atoms with Crippen LogP contribution < -0.4 is 0 Å². The minimum Gasteiger partial charge on any atom is -0.310 e. The molecule has 0 fully saturated rings. The van der Waals surface area contributed by atoms with Crippen molar-refractivity contribution in [3.63, 3.8) is 0 Å². The Morgan fingerprint density at radius 1 is 0.333 bits per heavy atom. The SMILES string of the molecule is [C-]#[N+]c1cc(-c2ccc(-n3c4cc(-c5cc(C)cc(C)c5)ccc4c4ccc(-c5cc(C)cc(C)c5)cc43)cc2[N+]#[C-])c(-n2c3cc(-c4cc(C)cc(C)c4)ccc3c3ccc(-c4cc(C)cc(C)c4)cc32)c(C(F)(F)F)c1. The van der Waals surface area contributed by atoms with Crippen LogP contribution in [0, 0.1) is 68.5 Å². The molecule has 4 nitrogen and oxygen atoms in total. The Morgan fingerprint density at radius 2 is 0.679 bits per heavy atom. The zero-order valence-corrected chi connectivity index (χ0v) is 44.7. The summed E-state index contributed by atoms with van der Waals surface area (Å²) >= 11 is 0. The Balaban J connectivity index is 1.15. The van der Waals surface area contributed by atoms with E-state index in [1.807, 2.05) is 70.2 Å². The molecule has 0 atom stereocenters. The van der Waals surface area contributed by atoms with Gasteiger partial charge in [0.25, 0.3) is 0 Å². The van der Waals surface area contributed by atoms with Crippen molar-refractivity contribution < 1.29 is 13.2 Å². The maximum Gasteiger partial charge on any atom is 0.417 e. The molecule has 2 aromatic heterocycles. The topological polar surface area (TPSA) is 18.6 Å². The molecule has 0 aliphatic heterocycles. The highest BCUT2D eigenvalue weighted by atomic mass is 19.4. The number of hydrogen-bond acceptors (Lipinski definition) is 0. The molecular weight excluding hydrogens is 966 g/mol. The zero-order valence-electron chi connectivity index (χ0n) is 44.7. The van der Waals surface area contributed by atoms with Crippen LogP contribution >= 0.6 is 0 Å². The van der Waals surface area contributed by atoms with Crippen molar-refractivity contribution in [1.82, 2.24) is 9.13 Å². The summed E-state index contributed by atoms with van der Waals surface area (Å²) in [5.41, 5.74) is 19.6. The molecular formula is C71H53F3N4. The molecule has 0 radical (unpaired) electrons. The third kappa shape index (κ3) is 8.68. The Morgan fingerprint density at radius 3 is 1.00 bits per heavy atom. The van der Waals surface area contributed by atoms with E-state index in [0.717, 1.165) is 128 Å². The highest BCUT2D eigenvalue weighted by Crippen LogP contribution is 2.49. The number of aromatic nitrogens is 2. The van der Waals surface area contributed by atoms with Crippen LogP contribution in [0.2, 0.25) is 0 Å². The summed E-state index contributed by atoms with van der Waals surface area (Å²) in [6, 6.07) is 58.6. The van der Waals surface area contributed by atoms with Crippen molar-refractivity contribution in [3.05, 3.63) is 249 Å². The first-order chi connectivity index (χ1) is 37.4. The predicted octanol–water partition coefficient (Wildman–Crippen LogP) is 20.8. The van der Waals surface area contributed by atoms with Crippen molar-refractivity contribution >= 4 is 55.0 Å². The number of halogens is 3. The summed E-state index contributed by atoms with van der Waals surface area (Å²) < 4.78 is 52.7. The average Bonchev–Trinajstić information content (AvgIpc) is 4.07. The Labute approximate surface area is 452 Å². The van der Waals surface area contributed by atoms with Gasteiger partial charge in [-0.05, 0) is 160 Å². The third-order valence-corrected chi connectivity index (χ3v) is 15.2. The molecule has 7 heteroatoms. The van der Waals surface area contributed by atoms with Crippen LogP contribution in [0.1, 0.15) is 50.1 Å². The lowest BCUT2D eigenvalue weighted by Crippen LogP contribution is -2.12. The number of rotatable bonds is 7. The van der Waals surface area contributed by atoms with Gasteiger partial charge in [-0.25, -0.2) is 9.69 Å². The molecule has 2 heterocycles. The minimum atomic E-state index is -4.91. The van der Waals surface area contributed by atoms with E-state index in [1.54, 1.807) is 16.7 Å². The second-order valence-electron chi connectivity index (χ2n) is 21.4. The van der Waals surface area contributed by atoms with Gasteiger partial charge in [-0.3, -0.25) is 0 Å². The first kappa shape index (κ1) is 49.4. The van der Waals surface area contributed by atoms with Crippen LogP contribution in [0.3, 0.4) is 0 Å². The van der Waals surface area contributed by atoms with Gasteiger partial charge < -0.3 is 9.13 Å². The third-order valence-electron chi connectivity index (χ3n) is 15.2. The van der Waals surface area contributed by atoms with E-state index in [4.69, 9.17) is 13.1 Å². The van der Waals surface area contributed by atoms with Crippen LogP contribution in [-0.2, 0) is 6.18 Å². The van der Waals surface area contributed by atoms with E-state index in [-0.39, 0.29) is 28.2 Å². The van der Waals surface area contributed by atoms with E-state index in [0.29, 0.717) is 16.7 Å². The second kappa shape index (κ2) is 18.7. The van der Waals surface area contributed by atoms with E-state index < -0.39 is 11.7 Å². The van der Waals surface area contributed by atoms with Crippen molar-refractivity contribution in [2.75, 3.05) is 0 Å². The number of hydrogen-bond donors (Lipinski definition) is 0. The Kier molecular flexibility index (Phi) is 11.8. The van der Waals surface area contributed by atoms with Gasteiger partial charge in [-0.15, -0.1) is 0 Å².